The lowest BCUT2D eigenvalue weighted by Gasteiger charge is -2.20. The van der Waals surface area contributed by atoms with Crippen molar-refractivity contribution in [1.29, 1.82) is 0 Å². The number of amides is 1. The van der Waals surface area contributed by atoms with Gasteiger partial charge in [0.15, 0.2) is 11.5 Å². The maximum Gasteiger partial charge on any atom is 0.237 e. The molecule has 1 amide bonds. The Balaban J connectivity index is 1.92. The lowest BCUT2D eigenvalue weighted by atomic mass is 10.1. The van der Waals surface area contributed by atoms with Crippen LogP contribution in [-0.4, -0.2) is 50.3 Å². The monoisotopic (exact) mass is 413 g/mol. The van der Waals surface area contributed by atoms with Gasteiger partial charge in [-0.1, -0.05) is 6.07 Å². The third-order valence-electron chi connectivity index (χ3n) is 4.90. The number of hydrogen-bond acceptors (Lipinski definition) is 6. The van der Waals surface area contributed by atoms with Crippen LogP contribution in [0.4, 0.5) is 5.69 Å². The number of nitrogens with zero attached hydrogens (tertiary/aromatic N) is 3. The molecule has 8 heteroatoms. The van der Waals surface area contributed by atoms with Crippen LogP contribution in [-0.2, 0) is 4.79 Å². The third-order valence-corrected chi connectivity index (χ3v) is 4.90. The van der Waals surface area contributed by atoms with Crippen LogP contribution in [0.25, 0.3) is 0 Å². The minimum absolute atomic E-state index is 0.0485. The number of methoxy groups -OCH3 is 3. The predicted octanol–water partition coefficient (Wildman–Crippen LogP) is 2.52. The summed E-state index contributed by atoms with van der Waals surface area (Å²) in [6.07, 6.45) is 1.81. The highest BCUT2D eigenvalue weighted by atomic mass is 16.5. The molecule has 0 aliphatic carbocycles. The van der Waals surface area contributed by atoms with E-state index in [9.17, 15) is 9.59 Å². The summed E-state index contributed by atoms with van der Waals surface area (Å²) in [7, 11) is 4.56. The van der Waals surface area contributed by atoms with E-state index in [0.717, 1.165) is 0 Å². The summed E-state index contributed by atoms with van der Waals surface area (Å²) >= 11 is 0. The molecule has 0 N–H and O–H groups in total. The minimum Gasteiger partial charge on any atom is -0.493 e. The van der Waals surface area contributed by atoms with E-state index in [1.807, 2.05) is 19.9 Å². The fourth-order valence-electron chi connectivity index (χ4n) is 3.53. The van der Waals surface area contributed by atoms with Crippen molar-refractivity contribution in [2.75, 3.05) is 32.8 Å². The molecule has 0 spiro atoms. The van der Waals surface area contributed by atoms with Gasteiger partial charge < -0.3 is 19.1 Å². The van der Waals surface area contributed by atoms with Crippen molar-refractivity contribution in [3.05, 3.63) is 42.0 Å². The summed E-state index contributed by atoms with van der Waals surface area (Å²) in [5.41, 5.74) is 1.17. The molecule has 0 bridgehead atoms. The Morgan fingerprint density at radius 1 is 1.10 bits per heavy atom. The quantitative estimate of drug-likeness (QED) is 0.727. The van der Waals surface area contributed by atoms with Gasteiger partial charge in [-0.2, -0.15) is 0 Å². The van der Waals surface area contributed by atoms with Crippen LogP contribution in [0.1, 0.15) is 25.1 Å². The number of benzene rings is 1. The number of hydrogen-bond donors (Lipinski definition) is 0. The van der Waals surface area contributed by atoms with Gasteiger partial charge in [-0.3, -0.25) is 19.1 Å². The molecule has 1 aromatic heterocycles. The topological polar surface area (TPSA) is 82.4 Å². The van der Waals surface area contributed by atoms with Gasteiger partial charge in [0.2, 0.25) is 17.6 Å². The van der Waals surface area contributed by atoms with E-state index in [2.05, 4.69) is 4.99 Å². The van der Waals surface area contributed by atoms with Crippen LogP contribution in [0.2, 0.25) is 0 Å². The highest BCUT2D eigenvalue weighted by Crippen LogP contribution is 2.42. The first-order valence-corrected chi connectivity index (χ1v) is 9.75. The standard InChI is InChI=1S/C22H27N3O5/c1-14(2)23-19-8-6-7-9-24(19)22(27)15-10-20(26)25(13-15)16-11-17(28-3)21(30-5)18(12-16)29-4/h6-9,11-12,14-15H,10,13H2,1-5H3. The average Bonchev–Trinajstić information content (AvgIpc) is 3.13. The molecule has 2 heterocycles. The molecule has 1 saturated heterocycles. The van der Waals surface area contributed by atoms with E-state index in [1.165, 1.54) is 25.9 Å². The Morgan fingerprint density at radius 2 is 1.77 bits per heavy atom. The van der Waals surface area contributed by atoms with Gasteiger partial charge in [0, 0.05) is 37.3 Å². The molecule has 0 saturated carbocycles. The van der Waals surface area contributed by atoms with Gasteiger partial charge in [0.25, 0.3) is 0 Å². The zero-order valence-electron chi connectivity index (χ0n) is 17.9. The van der Waals surface area contributed by atoms with Crippen LogP contribution in [0.5, 0.6) is 17.2 Å². The van der Waals surface area contributed by atoms with Crippen molar-refractivity contribution in [3.63, 3.8) is 0 Å². The molecular weight excluding hydrogens is 386 g/mol. The number of carbonyl (C=O) groups excluding carboxylic acids is 2. The Bertz CT molecular complexity index is 987. The molecule has 8 nitrogen and oxygen atoms in total. The fraction of sp³-hybridized carbons (Fsp3) is 0.409. The van der Waals surface area contributed by atoms with Crippen LogP contribution >= 0.6 is 0 Å². The van der Waals surface area contributed by atoms with Crippen LogP contribution in [0.15, 0.2) is 41.5 Å². The van der Waals surface area contributed by atoms with Crippen molar-refractivity contribution < 1.29 is 23.8 Å². The molecule has 1 unspecified atom stereocenters. The number of ether oxygens (including phenoxy) is 3. The first-order chi connectivity index (χ1) is 14.4. The first-order valence-electron chi connectivity index (χ1n) is 9.75. The van der Waals surface area contributed by atoms with Crippen LogP contribution in [0, 0.1) is 5.92 Å². The third kappa shape index (κ3) is 4.17. The number of rotatable bonds is 6. The molecule has 1 aliphatic heterocycles. The van der Waals surface area contributed by atoms with Gasteiger partial charge >= 0.3 is 0 Å². The second kappa shape index (κ2) is 9.02. The van der Waals surface area contributed by atoms with Gasteiger partial charge in [-0.05, 0) is 26.0 Å². The van der Waals surface area contributed by atoms with Gasteiger partial charge in [0.05, 0.1) is 32.9 Å². The second-order valence-electron chi connectivity index (χ2n) is 7.28. The van der Waals surface area contributed by atoms with E-state index in [1.54, 1.807) is 35.4 Å². The van der Waals surface area contributed by atoms with Gasteiger partial charge in [0.1, 0.15) is 5.49 Å². The number of carbonyl (C=O) groups is 2. The Hall–Kier alpha value is -3.29. The Kier molecular flexibility index (Phi) is 6.44. The number of aromatic nitrogens is 1. The molecule has 1 aromatic carbocycles. The van der Waals surface area contributed by atoms with Crippen molar-refractivity contribution in [2.24, 2.45) is 10.9 Å². The molecule has 2 aromatic rings. The highest BCUT2D eigenvalue weighted by molar-refractivity contribution is 6.01. The molecule has 160 valence electrons. The van der Waals surface area contributed by atoms with Crippen LogP contribution < -0.4 is 24.6 Å². The Morgan fingerprint density at radius 3 is 2.33 bits per heavy atom. The van der Waals surface area contributed by atoms with Crippen molar-refractivity contribution in [2.45, 2.75) is 26.3 Å². The summed E-state index contributed by atoms with van der Waals surface area (Å²) in [6.45, 7) is 4.17. The zero-order chi connectivity index (χ0) is 21.8. The van der Waals surface area contributed by atoms with E-state index >= 15 is 0 Å². The smallest absolute Gasteiger partial charge is 0.237 e. The maximum absolute atomic E-state index is 13.2. The maximum atomic E-state index is 13.2. The summed E-state index contributed by atoms with van der Waals surface area (Å²) in [5.74, 6) is 0.572. The van der Waals surface area contributed by atoms with E-state index in [0.29, 0.717) is 28.4 Å². The summed E-state index contributed by atoms with van der Waals surface area (Å²) < 4.78 is 17.6. The fourth-order valence-corrected chi connectivity index (χ4v) is 3.53. The second-order valence-corrected chi connectivity index (χ2v) is 7.28. The van der Waals surface area contributed by atoms with Gasteiger partial charge in [-0.25, -0.2) is 0 Å². The van der Waals surface area contributed by atoms with E-state index in [4.69, 9.17) is 14.2 Å². The molecular formula is C22H27N3O5. The zero-order valence-corrected chi connectivity index (χ0v) is 17.9. The highest BCUT2D eigenvalue weighted by Gasteiger charge is 2.36. The van der Waals surface area contributed by atoms with E-state index in [-0.39, 0.29) is 30.8 Å². The minimum atomic E-state index is -0.481. The predicted molar refractivity (Wildman–Crippen MR) is 112 cm³/mol. The SMILES string of the molecule is COc1cc(N2CC(C(=O)n3ccccc3=NC(C)C)CC2=O)cc(OC)c1OC. The molecule has 1 aliphatic rings. The summed E-state index contributed by atoms with van der Waals surface area (Å²) in [6, 6.07) is 8.89. The van der Waals surface area contributed by atoms with Crippen molar-refractivity contribution in [3.8, 4) is 17.2 Å². The number of pyridine rings is 1. The molecule has 0 radical (unpaired) electrons. The number of anilines is 1. The normalized spacial score (nSPS) is 16.9. The molecule has 1 atom stereocenters. The summed E-state index contributed by atoms with van der Waals surface area (Å²) in [4.78, 5) is 32.0. The van der Waals surface area contributed by atoms with E-state index < -0.39 is 5.92 Å². The average molecular weight is 413 g/mol. The molecule has 1 fully saturated rings. The molecule has 3 rings (SSSR count). The first kappa shape index (κ1) is 21.4. The van der Waals surface area contributed by atoms with Crippen LogP contribution in [0.3, 0.4) is 0 Å². The lowest BCUT2D eigenvalue weighted by molar-refractivity contribution is -0.117. The largest absolute Gasteiger partial charge is 0.493 e. The summed E-state index contributed by atoms with van der Waals surface area (Å²) in [5, 5.41) is 0. The van der Waals surface area contributed by atoms with Crippen molar-refractivity contribution in [1.82, 2.24) is 4.57 Å². The van der Waals surface area contributed by atoms with Crippen molar-refractivity contribution >= 4 is 17.5 Å². The Labute approximate surface area is 175 Å². The lowest BCUT2D eigenvalue weighted by Crippen LogP contribution is -2.34. The molecule has 30 heavy (non-hydrogen) atoms. The van der Waals surface area contributed by atoms with Gasteiger partial charge in [-0.15, -0.1) is 0 Å².